The molecule has 2 aromatic heterocycles. The highest BCUT2D eigenvalue weighted by molar-refractivity contribution is 7.10. The molecule has 122 valence electrons. The van der Waals surface area contributed by atoms with Crippen LogP contribution >= 0.6 is 22.9 Å². The summed E-state index contributed by atoms with van der Waals surface area (Å²) in [6.07, 6.45) is 3.18. The maximum Gasteiger partial charge on any atom is 0.138 e. The van der Waals surface area contributed by atoms with E-state index in [4.69, 9.17) is 11.6 Å². The highest BCUT2D eigenvalue weighted by atomic mass is 35.5. The van der Waals surface area contributed by atoms with Crippen LogP contribution in [0.25, 0.3) is 0 Å². The third-order valence-corrected chi connectivity index (χ3v) is 5.66. The van der Waals surface area contributed by atoms with Crippen molar-refractivity contribution in [2.45, 2.75) is 18.6 Å². The first-order valence-corrected chi connectivity index (χ1v) is 9.03. The monoisotopic (exact) mass is 357 g/mol. The van der Waals surface area contributed by atoms with E-state index < -0.39 is 6.10 Å². The summed E-state index contributed by atoms with van der Waals surface area (Å²) in [6, 6.07) is 10.7. The molecule has 0 radical (unpaired) electrons. The van der Waals surface area contributed by atoms with Crippen LogP contribution in [0.15, 0.2) is 48.2 Å². The molecule has 2 N–H and O–H groups in total. The van der Waals surface area contributed by atoms with Gasteiger partial charge < -0.3 is 10.4 Å². The second-order valence-corrected chi connectivity index (χ2v) is 7.09. The summed E-state index contributed by atoms with van der Waals surface area (Å²) in [4.78, 5) is 8.73. The Morgan fingerprint density at radius 1 is 1.33 bits per heavy atom. The average molecular weight is 358 g/mol. The Morgan fingerprint density at radius 3 is 3.08 bits per heavy atom. The van der Waals surface area contributed by atoms with Crippen molar-refractivity contribution in [1.82, 2.24) is 15.3 Å². The summed E-state index contributed by atoms with van der Waals surface area (Å²) in [6.45, 7) is 0.952. The number of thiophene rings is 1. The minimum atomic E-state index is -0.809. The Labute approximate surface area is 149 Å². The largest absolute Gasteiger partial charge is 0.383 e. The van der Waals surface area contributed by atoms with E-state index in [0.717, 1.165) is 23.4 Å². The zero-order valence-electron chi connectivity index (χ0n) is 12.8. The smallest absolute Gasteiger partial charge is 0.138 e. The summed E-state index contributed by atoms with van der Waals surface area (Å²) in [5.74, 6) is 0. The topological polar surface area (TPSA) is 58.0 Å². The van der Waals surface area contributed by atoms with Gasteiger partial charge in [0.1, 0.15) is 17.6 Å². The van der Waals surface area contributed by atoms with E-state index in [1.807, 2.05) is 6.07 Å². The molecular weight excluding hydrogens is 342 g/mol. The Bertz CT molecular complexity index is 867. The van der Waals surface area contributed by atoms with Crippen molar-refractivity contribution in [1.29, 1.82) is 0 Å². The number of nitrogens with zero attached hydrogens (tertiary/aromatic N) is 2. The molecule has 0 amide bonds. The van der Waals surface area contributed by atoms with Gasteiger partial charge in [-0.05, 0) is 34.6 Å². The first kappa shape index (κ1) is 15.7. The SMILES string of the molecule is OC(c1cc(C2NCCc3ccccc32)cs1)c1cncnc1Cl. The van der Waals surface area contributed by atoms with E-state index in [1.54, 1.807) is 6.20 Å². The number of aliphatic hydroxyl groups excluding tert-OH is 1. The molecule has 0 fully saturated rings. The van der Waals surface area contributed by atoms with Crippen LogP contribution in [0.3, 0.4) is 0 Å². The van der Waals surface area contributed by atoms with Crippen molar-refractivity contribution in [2.24, 2.45) is 0 Å². The van der Waals surface area contributed by atoms with Crippen LogP contribution in [-0.4, -0.2) is 21.6 Å². The lowest BCUT2D eigenvalue weighted by Gasteiger charge is -2.26. The molecule has 0 aliphatic carbocycles. The minimum Gasteiger partial charge on any atom is -0.383 e. The molecule has 24 heavy (non-hydrogen) atoms. The van der Waals surface area contributed by atoms with Crippen LogP contribution in [-0.2, 0) is 6.42 Å². The number of nitrogens with one attached hydrogen (secondary N) is 1. The maximum atomic E-state index is 10.6. The molecule has 0 saturated heterocycles. The van der Waals surface area contributed by atoms with Crippen LogP contribution in [0, 0.1) is 0 Å². The number of halogens is 1. The Balaban J connectivity index is 1.66. The molecule has 2 unspecified atom stereocenters. The molecule has 1 aliphatic heterocycles. The van der Waals surface area contributed by atoms with Crippen LogP contribution in [0.5, 0.6) is 0 Å². The van der Waals surface area contributed by atoms with Gasteiger partial charge in [-0.15, -0.1) is 11.3 Å². The highest BCUT2D eigenvalue weighted by Crippen LogP contribution is 2.35. The highest BCUT2D eigenvalue weighted by Gasteiger charge is 2.24. The second-order valence-electron chi connectivity index (χ2n) is 5.79. The van der Waals surface area contributed by atoms with Crippen LogP contribution in [0.1, 0.15) is 39.3 Å². The normalized spacial score (nSPS) is 18.2. The predicted molar refractivity (Wildman–Crippen MR) is 95.4 cm³/mol. The molecule has 2 atom stereocenters. The molecule has 3 aromatic rings. The fourth-order valence-corrected chi connectivity index (χ4v) is 4.26. The number of hydrogen-bond acceptors (Lipinski definition) is 5. The van der Waals surface area contributed by atoms with E-state index >= 15 is 0 Å². The van der Waals surface area contributed by atoms with Crippen LogP contribution in [0.2, 0.25) is 5.15 Å². The van der Waals surface area contributed by atoms with Crippen molar-refractivity contribution in [2.75, 3.05) is 6.54 Å². The standard InChI is InChI=1S/C18H16ClN3OS/c19-18-14(8-20-10-22-18)17(23)15-7-12(9-24-15)16-13-4-2-1-3-11(13)5-6-21-16/h1-4,7-10,16-17,21,23H,5-6H2. The number of hydrogen-bond donors (Lipinski definition) is 2. The molecule has 4 nitrogen and oxygen atoms in total. The Kier molecular flexibility index (Phi) is 4.33. The Hall–Kier alpha value is -1.79. The fraction of sp³-hybridized carbons (Fsp3) is 0.222. The summed E-state index contributed by atoms with van der Waals surface area (Å²) >= 11 is 7.60. The number of aromatic nitrogens is 2. The quantitative estimate of drug-likeness (QED) is 0.704. The van der Waals surface area contributed by atoms with Gasteiger partial charge in [0.2, 0.25) is 0 Å². The summed E-state index contributed by atoms with van der Waals surface area (Å²) in [5, 5.41) is 16.6. The van der Waals surface area contributed by atoms with Crippen molar-refractivity contribution in [3.63, 3.8) is 0 Å². The van der Waals surface area contributed by atoms with Gasteiger partial charge in [-0.25, -0.2) is 9.97 Å². The molecule has 1 aromatic carbocycles. The van der Waals surface area contributed by atoms with E-state index in [-0.39, 0.29) is 11.2 Å². The molecule has 0 spiro atoms. The van der Waals surface area contributed by atoms with E-state index in [9.17, 15) is 5.11 Å². The third kappa shape index (κ3) is 2.84. The van der Waals surface area contributed by atoms with E-state index in [0.29, 0.717) is 5.56 Å². The fourth-order valence-electron chi connectivity index (χ4n) is 3.13. The first-order valence-electron chi connectivity index (χ1n) is 7.77. The minimum absolute atomic E-state index is 0.162. The summed E-state index contributed by atoms with van der Waals surface area (Å²) in [5.41, 5.74) is 4.39. The number of rotatable bonds is 3. The summed E-state index contributed by atoms with van der Waals surface area (Å²) in [7, 11) is 0. The van der Waals surface area contributed by atoms with E-state index in [1.165, 1.54) is 28.8 Å². The maximum absolute atomic E-state index is 10.6. The van der Waals surface area contributed by atoms with Gasteiger partial charge in [-0.3, -0.25) is 0 Å². The lowest BCUT2D eigenvalue weighted by atomic mass is 9.91. The molecule has 6 heteroatoms. The number of aliphatic hydroxyl groups is 1. The molecular formula is C18H16ClN3OS. The van der Waals surface area contributed by atoms with Gasteiger partial charge in [0, 0.05) is 23.2 Å². The van der Waals surface area contributed by atoms with Crippen LogP contribution in [0.4, 0.5) is 0 Å². The molecule has 0 saturated carbocycles. The molecule has 1 aliphatic rings. The van der Waals surface area contributed by atoms with E-state index in [2.05, 4.69) is 44.9 Å². The van der Waals surface area contributed by atoms with Gasteiger partial charge in [-0.1, -0.05) is 35.9 Å². The third-order valence-electron chi connectivity index (χ3n) is 4.34. The van der Waals surface area contributed by atoms with Gasteiger partial charge >= 0.3 is 0 Å². The van der Waals surface area contributed by atoms with Crippen molar-refractivity contribution >= 4 is 22.9 Å². The summed E-state index contributed by atoms with van der Waals surface area (Å²) < 4.78 is 0. The first-order chi connectivity index (χ1) is 11.7. The van der Waals surface area contributed by atoms with Crippen molar-refractivity contribution in [3.05, 3.63) is 80.5 Å². The van der Waals surface area contributed by atoms with Gasteiger partial charge in [0.25, 0.3) is 0 Å². The lowest BCUT2D eigenvalue weighted by Crippen LogP contribution is -2.30. The van der Waals surface area contributed by atoms with Crippen molar-refractivity contribution < 1.29 is 5.11 Å². The number of benzene rings is 1. The zero-order valence-corrected chi connectivity index (χ0v) is 14.4. The molecule has 4 rings (SSSR count). The lowest BCUT2D eigenvalue weighted by molar-refractivity contribution is 0.223. The number of fused-ring (bicyclic) bond motifs is 1. The van der Waals surface area contributed by atoms with Crippen LogP contribution < -0.4 is 5.32 Å². The molecule has 0 bridgehead atoms. The predicted octanol–water partition coefficient (Wildman–Crippen LogP) is 3.51. The second kappa shape index (κ2) is 6.61. The zero-order chi connectivity index (χ0) is 16.5. The van der Waals surface area contributed by atoms with Gasteiger partial charge in [-0.2, -0.15) is 0 Å². The molecule has 3 heterocycles. The average Bonchev–Trinajstić information content (AvgIpc) is 3.11. The van der Waals surface area contributed by atoms with Gasteiger partial charge in [0.15, 0.2) is 0 Å². The Morgan fingerprint density at radius 2 is 2.21 bits per heavy atom. The van der Waals surface area contributed by atoms with Crippen molar-refractivity contribution in [3.8, 4) is 0 Å². The van der Waals surface area contributed by atoms with Gasteiger partial charge in [0.05, 0.1) is 6.04 Å².